The lowest BCUT2D eigenvalue weighted by Crippen LogP contribution is -2.34. The Kier molecular flexibility index (Phi) is 5.55. The summed E-state index contributed by atoms with van der Waals surface area (Å²) in [5.41, 5.74) is 5.46. The summed E-state index contributed by atoms with van der Waals surface area (Å²) in [4.78, 5) is 11.3. The molecule has 0 fully saturated rings. The molecule has 0 atom stereocenters. The van der Waals surface area contributed by atoms with Crippen molar-refractivity contribution in [3.63, 3.8) is 0 Å². The number of methoxy groups -OCH3 is 1. The van der Waals surface area contributed by atoms with E-state index in [4.69, 9.17) is 17.3 Å². The van der Waals surface area contributed by atoms with Gasteiger partial charge in [0.25, 0.3) is 10.2 Å². The fourth-order valence-corrected chi connectivity index (χ4v) is 2.36. The highest BCUT2D eigenvalue weighted by Gasteiger charge is 2.14. The van der Waals surface area contributed by atoms with Crippen LogP contribution in [-0.4, -0.2) is 34.6 Å². The Morgan fingerprint density at radius 2 is 2.16 bits per heavy atom. The molecule has 0 radical (unpaired) electrons. The maximum Gasteiger partial charge on any atom is 0.337 e. The number of rotatable bonds is 6. The minimum Gasteiger partial charge on any atom is -0.465 e. The van der Waals surface area contributed by atoms with Crippen molar-refractivity contribution in [2.45, 2.75) is 0 Å². The van der Waals surface area contributed by atoms with Crippen molar-refractivity contribution >= 4 is 33.5 Å². The van der Waals surface area contributed by atoms with E-state index < -0.39 is 16.2 Å². The predicted molar refractivity (Wildman–Crippen MR) is 72.4 cm³/mol. The van der Waals surface area contributed by atoms with Crippen molar-refractivity contribution in [2.24, 2.45) is 5.73 Å². The summed E-state index contributed by atoms with van der Waals surface area (Å²) in [6, 6.07) is 4.11. The average molecular weight is 308 g/mol. The molecule has 1 aromatic carbocycles. The van der Waals surface area contributed by atoms with E-state index in [0.717, 1.165) is 0 Å². The van der Waals surface area contributed by atoms with Crippen LogP contribution >= 0.6 is 11.6 Å². The summed E-state index contributed by atoms with van der Waals surface area (Å²) in [7, 11) is -2.56. The number of esters is 1. The number of nitrogens with one attached hydrogen (secondary N) is 2. The minimum absolute atomic E-state index is 0.0779. The van der Waals surface area contributed by atoms with Gasteiger partial charge in [-0.3, -0.25) is 4.72 Å². The van der Waals surface area contributed by atoms with E-state index in [1.165, 1.54) is 25.3 Å². The SMILES string of the molecule is COC(=O)c1ccc(Cl)c(NS(=O)(=O)NCCN)c1. The molecule has 0 aliphatic carbocycles. The largest absolute Gasteiger partial charge is 0.465 e. The first-order valence-corrected chi connectivity index (χ1v) is 7.11. The topological polar surface area (TPSA) is 111 Å². The first kappa shape index (κ1) is 15.7. The first-order valence-electron chi connectivity index (χ1n) is 5.25. The lowest BCUT2D eigenvalue weighted by atomic mass is 10.2. The molecule has 0 aliphatic heterocycles. The molecule has 0 aromatic heterocycles. The summed E-state index contributed by atoms with van der Waals surface area (Å²) in [5, 5.41) is 0.158. The van der Waals surface area contributed by atoms with Gasteiger partial charge in [0.1, 0.15) is 0 Å². The molecule has 0 amide bonds. The van der Waals surface area contributed by atoms with E-state index in [2.05, 4.69) is 14.2 Å². The zero-order chi connectivity index (χ0) is 14.5. The molecule has 0 saturated heterocycles. The van der Waals surface area contributed by atoms with Crippen LogP contribution in [0, 0.1) is 0 Å². The van der Waals surface area contributed by atoms with Crippen LogP contribution in [-0.2, 0) is 14.9 Å². The van der Waals surface area contributed by atoms with Crippen LogP contribution in [0.5, 0.6) is 0 Å². The Hall–Kier alpha value is -1.35. The van der Waals surface area contributed by atoms with Gasteiger partial charge in [0.15, 0.2) is 0 Å². The molecule has 7 nitrogen and oxygen atoms in total. The van der Waals surface area contributed by atoms with E-state index in [0.29, 0.717) is 0 Å². The van der Waals surface area contributed by atoms with Crippen molar-refractivity contribution in [3.8, 4) is 0 Å². The van der Waals surface area contributed by atoms with Crippen LogP contribution in [0.1, 0.15) is 10.4 Å². The van der Waals surface area contributed by atoms with Crippen LogP contribution in [0.25, 0.3) is 0 Å². The Balaban J connectivity index is 2.97. The molecule has 0 spiro atoms. The minimum atomic E-state index is -3.79. The maximum absolute atomic E-state index is 11.6. The van der Waals surface area contributed by atoms with Crippen LogP contribution in [0.3, 0.4) is 0 Å². The molecule has 106 valence electrons. The van der Waals surface area contributed by atoms with E-state index in [-0.39, 0.29) is 29.4 Å². The normalized spacial score (nSPS) is 11.1. The van der Waals surface area contributed by atoms with Gasteiger partial charge in [0, 0.05) is 13.1 Å². The van der Waals surface area contributed by atoms with E-state index in [1.807, 2.05) is 0 Å². The number of carbonyl (C=O) groups excluding carboxylic acids is 1. The molecule has 4 N–H and O–H groups in total. The van der Waals surface area contributed by atoms with E-state index in [1.54, 1.807) is 0 Å². The predicted octanol–water partition coefficient (Wildman–Crippen LogP) is 0.332. The molecule has 0 aliphatic rings. The van der Waals surface area contributed by atoms with Gasteiger partial charge in [0.2, 0.25) is 0 Å². The maximum atomic E-state index is 11.6. The Morgan fingerprint density at radius 3 is 2.74 bits per heavy atom. The van der Waals surface area contributed by atoms with E-state index in [9.17, 15) is 13.2 Å². The van der Waals surface area contributed by atoms with Gasteiger partial charge in [-0.25, -0.2) is 4.79 Å². The molecular weight excluding hydrogens is 294 g/mol. The second kappa shape index (κ2) is 6.71. The van der Waals surface area contributed by atoms with Gasteiger partial charge in [-0.2, -0.15) is 13.1 Å². The number of hydrogen-bond acceptors (Lipinski definition) is 5. The highest BCUT2D eigenvalue weighted by molar-refractivity contribution is 7.90. The van der Waals surface area contributed by atoms with Crippen molar-refractivity contribution in [1.82, 2.24) is 4.72 Å². The van der Waals surface area contributed by atoms with Crippen molar-refractivity contribution < 1.29 is 17.9 Å². The monoisotopic (exact) mass is 307 g/mol. The summed E-state index contributed by atoms with van der Waals surface area (Å²) in [6.07, 6.45) is 0. The average Bonchev–Trinajstić information content (AvgIpc) is 2.38. The number of carbonyl (C=O) groups is 1. The van der Waals surface area contributed by atoms with Gasteiger partial charge < -0.3 is 10.5 Å². The van der Waals surface area contributed by atoms with Crippen molar-refractivity contribution in [1.29, 1.82) is 0 Å². The third kappa shape index (κ3) is 4.67. The molecule has 9 heteroatoms. The molecule has 0 saturated carbocycles. The zero-order valence-corrected chi connectivity index (χ0v) is 11.7. The zero-order valence-electron chi connectivity index (χ0n) is 10.1. The molecule has 1 rings (SSSR count). The number of benzene rings is 1. The molecule has 19 heavy (non-hydrogen) atoms. The first-order chi connectivity index (χ1) is 8.89. The van der Waals surface area contributed by atoms with Crippen molar-refractivity contribution in [2.75, 3.05) is 24.9 Å². The van der Waals surface area contributed by atoms with Gasteiger partial charge in [-0.05, 0) is 18.2 Å². The van der Waals surface area contributed by atoms with Gasteiger partial charge in [0.05, 0.1) is 23.4 Å². The summed E-state index contributed by atoms with van der Waals surface area (Å²) < 4.78 is 32.2. The highest BCUT2D eigenvalue weighted by atomic mass is 35.5. The Labute approximate surface area is 116 Å². The number of halogens is 1. The highest BCUT2D eigenvalue weighted by Crippen LogP contribution is 2.24. The van der Waals surface area contributed by atoms with Crippen LogP contribution in [0.15, 0.2) is 18.2 Å². The molecule has 0 heterocycles. The molecule has 1 aromatic rings. The van der Waals surface area contributed by atoms with Gasteiger partial charge in [-0.1, -0.05) is 11.6 Å². The van der Waals surface area contributed by atoms with Gasteiger partial charge >= 0.3 is 5.97 Å². The smallest absolute Gasteiger partial charge is 0.337 e. The molecule has 0 bridgehead atoms. The molecular formula is C10H14ClN3O4S. The fourth-order valence-electron chi connectivity index (χ4n) is 1.22. The van der Waals surface area contributed by atoms with Crippen LogP contribution in [0.2, 0.25) is 5.02 Å². The summed E-state index contributed by atoms with van der Waals surface area (Å²) >= 11 is 5.85. The van der Waals surface area contributed by atoms with Crippen LogP contribution < -0.4 is 15.2 Å². The second-order valence-corrected chi connectivity index (χ2v) is 5.38. The second-order valence-electron chi connectivity index (χ2n) is 3.47. The van der Waals surface area contributed by atoms with E-state index >= 15 is 0 Å². The van der Waals surface area contributed by atoms with Gasteiger partial charge in [-0.15, -0.1) is 0 Å². The van der Waals surface area contributed by atoms with Crippen LogP contribution in [0.4, 0.5) is 5.69 Å². The quantitative estimate of drug-likeness (QED) is 0.656. The lowest BCUT2D eigenvalue weighted by molar-refractivity contribution is 0.0601. The van der Waals surface area contributed by atoms with Crippen molar-refractivity contribution in [3.05, 3.63) is 28.8 Å². The Morgan fingerprint density at radius 1 is 1.47 bits per heavy atom. The summed E-state index contributed by atoms with van der Waals surface area (Å²) in [5.74, 6) is -0.591. The summed E-state index contributed by atoms with van der Waals surface area (Å²) in [6.45, 7) is 0.250. The number of anilines is 1. The number of ether oxygens (including phenoxy) is 1. The molecule has 0 unspecified atom stereocenters. The lowest BCUT2D eigenvalue weighted by Gasteiger charge is -2.11. The standard InChI is InChI=1S/C10H14ClN3O4S/c1-18-10(15)7-2-3-8(11)9(6-7)14-19(16,17)13-5-4-12/h2-3,6,13-14H,4-5,12H2,1H3. The third-order valence-corrected chi connectivity index (χ3v) is 3.47. The number of hydrogen-bond donors (Lipinski definition) is 3. The Bertz CT molecular complexity index is 562. The third-order valence-electron chi connectivity index (χ3n) is 2.07. The number of nitrogens with two attached hydrogens (primary N) is 1. The fraction of sp³-hybridized carbons (Fsp3) is 0.300.